The van der Waals surface area contributed by atoms with Gasteiger partial charge in [-0.15, -0.1) is 0 Å². The number of anilines is 2. The van der Waals surface area contributed by atoms with Crippen LogP contribution in [0.4, 0.5) is 11.8 Å². The van der Waals surface area contributed by atoms with Crippen molar-refractivity contribution in [1.29, 1.82) is 0 Å². The largest absolute Gasteiger partial charge is 0.490 e. The van der Waals surface area contributed by atoms with Crippen LogP contribution in [-0.2, 0) is 36.4 Å². The molecule has 33 heavy (non-hydrogen) atoms. The van der Waals surface area contributed by atoms with Crippen molar-refractivity contribution in [2.24, 2.45) is 0 Å². The first-order valence-corrected chi connectivity index (χ1v) is 13.1. The molecular weight excluding hydrogens is 517 g/mol. The zero-order valence-corrected chi connectivity index (χ0v) is 19.1. The second-order valence-corrected chi connectivity index (χ2v) is 10.8. The van der Waals surface area contributed by atoms with E-state index in [0.29, 0.717) is 0 Å². The molecule has 186 valence electrons. The standard InChI is InChI=1S/C11H19N6O13P3/c1-26-16-9-8-10(15-11(12)14-9)17(4-13-8)7-2-5(18)6(28-7)3-27-32(22,23)30-33(24,25)29-31(19,20)21/h4-7,18H,2-3H2,1H3,(H,22,23)(H,24,25)(H2,19,20,21)(H3,12,14,15,16)/t5-,6+,7+/m0/s1. The summed E-state index contributed by atoms with van der Waals surface area (Å²) in [7, 11) is -15.2. The first-order valence-electron chi connectivity index (χ1n) is 8.60. The molecule has 1 saturated heterocycles. The molecule has 2 aromatic heterocycles. The smallest absolute Gasteiger partial charge is 0.390 e. The SMILES string of the molecule is CONc1nc(N)nc2c1ncn2[C@H]1C[C@H](O)[C@@H](COP(=O)(O)OP(=O)(O)OP(=O)(O)O)O1. The Bertz CT molecular complexity index is 1150. The Labute approximate surface area is 183 Å². The summed E-state index contributed by atoms with van der Waals surface area (Å²) in [6, 6.07) is 0. The number of fused-ring (bicyclic) bond motifs is 1. The molecule has 0 aliphatic carbocycles. The molecule has 2 aromatic rings. The molecule has 3 rings (SSSR count). The van der Waals surface area contributed by atoms with E-state index >= 15 is 0 Å². The Morgan fingerprint density at radius 1 is 1.21 bits per heavy atom. The molecule has 0 bridgehead atoms. The van der Waals surface area contributed by atoms with Crippen molar-refractivity contribution >= 4 is 46.4 Å². The second-order valence-electron chi connectivity index (χ2n) is 6.38. The average molecular weight is 536 g/mol. The molecule has 0 radical (unpaired) electrons. The summed E-state index contributed by atoms with van der Waals surface area (Å²) in [5, 5.41) is 10.2. The van der Waals surface area contributed by atoms with Gasteiger partial charge in [-0.2, -0.15) is 18.6 Å². The van der Waals surface area contributed by atoms with Crippen LogP contribution in [0.1, 0.15) is 12.6 Å². The minimum atomic E-state index is -5.67. The van der Waals surface area contributed by atoms with E-state index in [1.807, 2.05) is 0 Å². The number of aliphatic hydroxyl groups excluding tert-OH is 1. The van der Waals surface area contributed by atoms with Gasteiger partial charge in [0.25, 0.3) is 0 Å². The van der Waals surface area contributed by atoms with Crippen molar-refractivity contribution in [3.8, 4) is 0 Å². The average Bonchev–Trinajstić information content (AvgIpc) is 3.20. The van der Waals surface area contributed by atoms with E-state index in [9.17, 15) is 23.7 Å². The number of nitrogen functional groups attached to an aromatic ring is 1. The van der Waals surface area contributed by atoms with Crippen molar-refractivity contribution < 1.29 is 61.1 Å². The minimum Gasteiger partial charge on any atom is -0.390 e. The normalized spacial score (nSPS) is 25.1. The molecule has 22 heteroatoms. The Balaban J connectivity index is 1.69. The molecule has 8 N–H and O–H groups in total. The lowest BCUT2D eigenvalue weighted by Gasteiger charge is -2.19. The number of rotatable bonds is 10. The summed E-state index contributed by atoms with van der Waals surface area (Å²) >= 11 is 0. The second kappa shape index (κ2) is 9.59. The van der Waals surface area contributed by atoms with E-state index in [-0.39, 0.29) is 29.4 Å². The number of imidazole rings is 1. The maximum Gasteiger partial charge on any atom is 0.490 e. The highest BCUT2D eigenvalue weighted by Gasteiger charge is 2.43. The van der Waals surface area contributed by atoms with Gasteiger partial charge >= 0.3 is 23.5 Å². The van der Waals surface area contributed by atoms with Crippen LogP contribution < -0.4 is 11.2 Å². The van der Waals surface area contributed by atoms with Crippen LogP contribution in [0.3, 0.4) is 0 Å². The maximum atomic E-state index is 11.8. The van der Waals surface area contributed by atoms with Crippen molar-refractivity contribution in [3.05, 3.63) is 6.33 Å². The molecule has 1 aliphatic heterocycles. The predicted octanol–water partition coefficient (Wildman–Crippen LogP) is -0.627. The molecule has 19 nitrogen and oxygen atoms in total. The topological polar surface area (TPSA) is 280 Å². The van der Waals surface area contributed by atoms with Crippen molar-refractivity contribution in [1.82, 2.24) is 19.5 Å². The summed E-state index contributed by atoms with van der Waals surface area (Å²) in [5.41, 5.74) is 8.65. The Kier molecular flexibility index (Phi) is 7.57. The first-order chi connectivity index (χ1) is 15.2. The molecule has 0 saturated carbocycles. The van der Waals surface area contributed by atoms with E-state index in [0.717, 1.165) is 0 Å². The quantitative estimate of drug-likeness (QED) is 0.147. The third-order valence-corrected chi connectivity index (χ3v) is 7.77. The zero-order valence-electron chi connectivity index (χ0n) is 16.4. The highest BCUT2D eigenvalue weighted by Crippen LogP contribution is 2.66. The lowest BCUT2D eigenvalue weighted by atomic mass is 10.2. The minimum absolute atomic E-state index is 0.0488. The number of nitrogens with two attached hydrogens (primary N) is 1. The fourth-order valence-corrected chi connectivity index (χ4v) is 5.85. The molecule has 5 atom stereocenters. The van der Waals surface area contributed by atoms with E-state index in [4.69, 9.17) is 30.0 Å². The Hall–Kier alpha value is -1.56. The van der Waals surface area contributed by atoms with Gasteiger partial charge in [-0.05, 0) is 0 Å². The summed E-state index contributed by atoms with van der Waals surface area (Å²) in [5.74, 6) is 0.0491. The summed E-state index contributed by atoms with van der Waals surface area (Å²) in [6.45, 7) is -0.818. The van der Waals surface area contributed by atoms with E-state index in [1.165, 1.54) is 18.0 Å². The Morgan fingerprint density at radius 2 is 1.91 bits per heavy atom. The van der Waals surface area contributed by atoms with E-state index < -0.39 is 48.5 Å². The predicted molar refractivity (Wildman–Crippen MR) is 105 cm³/mol. The van der Waals surface area contributed by atoms with Gasteiger partial charge in [0.2, 0.25) is 5.95 Å². The molecule has 0 aromatic carbocycles. The van der Waals surface area contributed by atoms with Crippen molar-refractivity contribution in [2.45, 2.75) is 24.9 Å². The number of aliphatic hydroxyl groups is 1. The van der Waals surface area contributed by atoms with Gasteiger partial charge in [-0.1, -0.05) is 0 Å². The van der Waals surface area contributed by atoms with E-state index in [2.05, 4.69) is 33.6 Å². The number of hydrogen-bond acceptors (Lipinski definition) is 14. The van der Waals surface area contributed by atoms with Gasteiger partial charge in [0.05, 0.1) is 26.1 Å². The number of nitrogens with zero attached hydrogens (tertiary/aromatic N) is 4. The van der Waals surface area contributed by atoms with Gasteiger partial charge in [0, 0.05) is 6.42 Å². The molecule has 2 unspecified atom stereocenters. The van der Waals surface area contributed by atoms with E-state index in [1.54, 1.807) is 0 Å². The zero-order chi connectivity index (χ0) is 24.6. The fraction of sp³-hybridized carbons (Fsp3) is 0.545. The lowest BCUT2D eigenvalue weighted by molar-refractivity contribution is -0.0423. The summed E-state index contributed by atoms with van der Waals surface area (Å²) < 4.78 is 52.6. The monoisotopic (exact) mass is 536 g/mol. The number of ether oxygens (including phenoxy) is 1. The summed E-state index contributed by atoms with van der Waals surface area (Å²) in [4.78, 5) is 52.7. The molecule has 1 aliphatic rings. The van der Waals surface area contributed by atoms with Gasteiger partial charge in [0.15, 0.2) is 17.0 Å². The molecule has 1 fully saturated rings. The van der Waals surface area contributed by atoms with Crippen LogP contribution in [0.15, 0.2) is 6.33 Å². The van der Waals surface area contributed by atoms with Crippen LogP contribution in [-0.4, -0.2) is 70.1 Å². The number of phosphoric ester groups is 1. The number of hydrogen-bond donors (Lipinski definition) is 7. The first kappa shape index (κ1) is 26.1. The van der Waals surface area contributed by atoms with Crippen molar-refractivity contribution in [3.63, 3.8) is 0 Å². The van der Waals surface area contributed by atoms with Gasteiger partial charge < -0.3 is 35.2 Å². The molecule has 0 spiro atoms. The fourth-order valence-electron chi connectivity index (χ4n) is 2.82. The van der Waals surface area contributed by atoms with Crippen LogP contribution in [0.25, 0.3) is 11.2 Å². The highest BCUT2D eigenvalue weighted by molar-refractivity contribution is 7.66. The Morgan fingerprint density at radius 3 is 2.55 bits per heavy atom. The van der Waals surface area contributed by atoms with Gasteiger partial charge in [-0.25, -0.2) is 24.2 Å². The van der Waals surface area contributed by atoms with Crippen LogP contribution in [0, 0.1) is 0 Å². The third-order valence-electron chi connectivity index (χ3n) is 3.97. The number of phosphoric acid groups is 3. The number of nitrogens with one attached hydrogen (secondary N) is 1. The maximum absolute atomic E-state index is 11.8. The summed E-state index contributed by atoms with van der Waals surface area (Å²) in [6.07, 6.45) is -2.08. The highest BCUT2D eigenvalue weighted by atomic mass is 31.3. The molecular formula is C11H19N6O13P3. The van der Waals surface area contributed by atoms with Crippen LogP contribution >= 0.6 is 23.5 Å². The number of aromatic nitrogens is 4. The van der Waals surface area contributed by atoms with Crippen LogP contribution in [0.2, 0.25) is 0 Å². The molecule has 3 heterocycles. The third kappa shape index (κ3) is 6.74. The molecule has 0 amide bonds. The lowest BCUT2D eigenvalue weighted by Crippen LogP contribution is -2.26. The van der Waals surface area contributed by atoms with Crippen molar-refractivity contribution in [2.75, 3.05) is 24.9 Å². The van der Waals surface area contributed by atoms with Crippen LogP contribution in [0.5, 0.6) is 0 Å². The van der Waals surface area contributed by atoms with Gasteiger partial charge in [-0.3, -0.25) is 13.9 Å². The van der Waals surface area contributed by atoms with Gasteiger partial charge in [0.1, 0.15) is 12.3 Å².